The van der Waals surface area contributed by atoms with Crippen molar-refractivity contribution in [2.24, 2.45) is 0 Å². The van der Waals surface area contributed by atoms with Crippen LogP contribution < -0.4 is 0 Å². The van der Waals surface area contributed by atoms with Crippen LogP contribution in [0.2, 0.25) is 0 Å². The van der Waals surface area contributed by atoms with Crippen molar-refractivity contribution in [1.82, 2.24) is 19.4 Å². The molecule has 0 atom stereocenters. The van der Waals surface area contributed by atoms with Crippen LogP contribution in [0, 0.1) is 4.77 Å². The number of aromatic nitrogens is 2. The number of carbonyl (C=O) groups is 1. The minimum absolute atomic E-state index is 0.164. The van der Waals surface area contributed by atoms with Crippen LogP contribution in [0.5, 0.6) is 0 Å². The van der Waals surface area contributed by atoms with E-state index in [1.165, 1.54) is 17.8 Å². The minimum Gasteiger partial charge on any atom is -0.334 e. The SMILES string of the molecule is CN(CCc1[nH]c(=S)n2c1CCC2)C(=O)N1CCCC1. The second-order valence-electron chi connectivity index (χ2n) is 5.76. The number of urea groups is 1. The Labute approximate surface area is 124 Å². The van der Waals surface area contributed by atoms with Crippen molar-refractivity contribution < 1.29 is 4.79 Å². The Hall–Kier alpha value is -1.30. The fraction of sp³-hybridized carbons (Fsp3) is 0.714. The van der Waals surface area contributed by atoms with Gasteiger partial charge in [0.05, 0.1) is 0 Å². The number of nitrogens with zero attached hydrogens (tertiary/aromatic N) is 3. The maximum absolute atomic E-state index is 12.2. The van der Waals surface area contributed by atoms with Gasteiger partial charge in [-0.25, -0.2) is 4.79 Å². The maximum atomic E-state index is 12.2. The van der Waals surface area contributed by atoms with Crippen LogP contribution in [0.25, 0.3) is 0 Å². The number of likely N-dealkylation sites (tertiary alicyclic amines) is 1. The standard InChI is InChI=1S/C14H22N4OS/c1-16(14(19)17-7-2-3-8-17)10-6-11-12-5-4-9-18(12)13(20)15-11/h2-10H2,1H3,(H,15,20). The van der Waals surface area contributed by atoms with Crippen LogP contribution >= 0.6 is 12.2 Å². The van der Waals surface area contributed by atoms with Crippen molar-refractivity contribution in [2.75, 3.05) is 26.7 Å². The molecule has 0 aromatic carbocycles. The first-order valence-corrected chi connectivity index (χ1v) is 7.88. The maximum Gasteiger partial charge on any atom is 0.319 e. The summed E-state index contributed by atoms with van der Waals surface area (Å²) in [5, 5.41) is 0. The molecule has 0 aliphatic carbocycles. The molecule has 1 saturated heterocycles. The zero-order valence-corrected chi connectivity index (χ0v) is 12.8. The summed E-state index contributed by atoms with van der Waals surface area (Å²) in [6, 6.07) is 0.164. The Morgan fingerprint density at radius 2 is 2.05 bits per heavy atom. The zero-order chi connectivity index (χ0) is 14.1. The molecule has 6 heteroatoms. The highest BCUT2D eigenvalue weighted by molar-refractivity contribution is 7.71. The largest absolute Gasteiger partial charge is 0.334 e. The fourth-order valence-corrected chi connectivity index (χ4v) is 3.54. The van der Waals surface area contributed by atoms with Gasteiger partial charge in [0.15, 0.2) is 4.77 Å². The first-order chi connectivity index (χ1) is 9.66. The Morgan fingerprint density at radius 3 is 2.80 bits per heavy atom. The van der Waals surface area contributed by atoms with Crippen molar-refractivity contribution in [3.05, 3.63) is 16.2 Å². The highest BCUT2D eigenvalue weighted by atomic mass is 32.1. The number of fused-ring (bicyclic) bond motifs is 1. The number of imidazole rings is 1. The van der Waals surface area contributed by atoms with Gasteiger partial charge in [0.1, 0.15) is 0 Å². The van der Waals surface area contributed by atoms with Crippen LogP contribution in [-0.4, -0.2) is 52.1 Å². The van der Waals surface area contributed by atoms with Crippen molar-refractivity contribution in [1.29, 1.82) is 0 Å². The van der Waals surface area contributed by atoms with Gasteiger partial charge in [-0.2, -0.15) is 0 Å². The van der Waals surface area contributed by atoms with E-state index < -0.39 is 0 Å². The topological polar surface area (TPSA) is 44.3 Å². The number of rotatable bonds is 3. The van der Waals surface area contributed by atoms with Gasteiger partial charge < -0.3 is 19.4 Å². The molecule has 2 aliphatic rings. The van der Waals surface area contributed by atoms with Crippen LogP contribution in [0.3, 0.4) is 0 Å². The van der Waals surface area contributed by atoms with Gasteiger partial charge in [0, 0.05) is 51.0 Å². The number of H-pyrrole nitrogens is 1. The van der Waals surface area contributed by atoms with E-state index in [4.69, 9.17) is 12.2 Å². The van der Waals surface area contributed by atoms with Gasteiger partial charge in [-0.1, -0.05) is 0 Å². The lowest BCUT2D eigenvalue weighted by atomic mass is 10.2. The lowest BCUT2D eigenvalue weighted by Gasteiger charge is -2.24. The number of carbonyl (C=O) groups excluding carboxylic acids is 1. The number of nitrogens with one attached hydrogen (secondary N) is 1. The van der Waals surface area contributed by atoms with E-state index in [1.807, 2.05) is 16.8 Å². The number of hydrogen-bond acceptors (Lipinski definition) is 2. The summed E-state index contributed by atoms with van der Waals surface area (Å²) >= 11 is 5.34. The van der Waals surface area contributed by atoms with Gasteiger partial charge in [0.2, 0.25) is 0 Å². The summed E-state index contributed by atoms with van der Waals surface area (Å²) in [6.45, 7) is 3.60. The Balaban J connectivity index is 1.60. The molecule has 20 heavy (non-hydrogen) atoms. The van der Waals surface area contributed by atoms with Gasteiger partial charge in [0.25, 0.3) is 0 Å². The average Bonchev–Trinajstić information content (AvgIpc) is 3.15. The molecule has 5 nitrogen and oxygen atoms in total. The quantitative estimate of drug-likeness (QED) is 0.869. The van der Waals surface area contributed by atoms with Crippen LogP contribution in [0.1, 0.15) is 30.7 Å². The highest BCUT2D eigenvalue weighted by Gasteiger charge is 2.22. The third-order valence-corrected chi connectivity index (χ3v) is 4.70. The number of amides is 2. The molecule has 0 unspecified atom stereocenters. The molecular formula is C14H22N4OS. The molecule has 0 bridgehead atoms. The van der Waals surface area contributed by atoms with Gasteiger partial charge in [-0.05, 0) is 37.9 Å². The third kappa shape index (κ3) is 2.49. The molecule has 0 radical (unpaired) electrons. The smallest absolute Gasteiger partial charge is 0.319 e. The third-order valence-electron chi connectivity index (χ3n) is 4.37. The Bertz CT molecular complexity index is 556. The van der Waals surface area contributed by atoms with E-state index in [0.29, 0.717) is 0 Å². The highest BCUT2D eigenvalue weighted by Crippen LogP contribution is 2.20. The molecule has 3 heterocycles. The number of hydrogen-bond donors (Lipinski definition) is 1. The summed E-state index contributed by atoms with van der Waals surface area (Å²) in [6.07, 6.45) is 5.43. The molecule has 1 fully saturated rings. The second-order valence-corrected chi connectivity index (χ2v) is 6.15. The predicted octanol–water partition coefficient (Wildman–Crippen LogP) is 2.18. The number of aromatic amines is 1. The van der Waals surface area contributed by atoms with Crippen LogP contribution in [-0.2, 0) is 19.4 Å². The van der Waals surface area contributed by atoms with E-state index in [9.17, 15) is 4.79 Å². The van der Waals surface area contributed by atoms with Crippen LogP contribution in [0.4, 0.5) is 4.79 Å². The molecule has 110 valence electrons. The van der Waals surface area contributed by atoms with Gasteiger partial charge >= 0.3 is 6.03 Å². The van der Waals surface area contributed by atoms with E-state index in [2.05, 4.69) is 9.55 Å². The molecular weight excluding hydrogens is 272 g/mol. The lowest BCUT2D eigenvalue weighted by Crippen LogP contribution is -2.40. The Morgan fingerprint density at radius 1 is 1.30 bits per heavy atom. The zero-order valence-electron chi connectivity index (χ0n) is 12.0. The Kier molecular flexibility index (Phi) is 3.83. The number of likely N-dealkylation sites (N-methyl/N-ethyl adjacent to an activating group) is 1. The average molecular weight is 294 g/mol. The first-order valence-electron chi connectivity index (χ1n) is 7.47. The summed E-state index contributed by atoms with van der Waals surface area (Å²) in [7, 11) is 1.89. The van der Waals surface area contributed by atoms with E-state index in [1.54, 1.807) is 0 Å². The predicted molar refractivity (Wildman–Crippen MR) is 80.5 cm³/mol. The summed E-state index contributed by atoms with van der Waals surface area (Å²) in [5.41, 5.74) is 2.56. The second kappa shape index (κ2) is 5.60. The summed E-state index contributed by atoms with van der Waals surface area (Å²) in [5.74, 6) is 0. The van der Waals surface area contributed by atoms with Crippen molar-refractivity contribution in [3.63, 3.8) is 0 Å². The van der Waals surface area contributed by atoms with E-state index in [0.717, 1.165) is 56.6 Å². The van der Waals surface area contributed by atoms with Crippen LogP contribution in [0.15, 0.2) is 0 Å². The lowest BCUT2D eigenvalue weighted by molar-refractivity contribution is 0.173. The van der Waals surface area contributed by atoms with Gasteiger partial charge in [-0.3, -0.25) is 0 Å². The molecule has 1 aromatic rings. The van der Waals surface area contributed by atoms with E-state index >= 15 is 0 Å². The van der Waals surface area contributed by atoms with Crippen molar-refractivity contribution >= 4 is 18.2 Å². The minimum atomic E-state index is 0.164. The first kappa shape index (κ1) is 13.7. The summed E-state index contributed by atoms with van der Waals surface area (Å²) < 4.78 is 3.04. The van der Waals surface area contributed by atoms with Gasteiger partial charge in [-0.15, -0.1) is 0 Å². The monoisotopic (exact) mass is 294 g/mol. The molecule has 2 amide bonds. The van der Waals surface area contributed by atoms with Crippen molar-refractivity contribution in [3.8, 4) is 0 Å². The van der Waals surface area contributed by atoms with E-state index in [-0.39, 0.29) is 6.03 Å². The molecule has 1 aromatic heterocycles. The fourth-order valence-electron chi connectivity index (χ4n) is 3.21. The molecule has 3 rings (SSSR count). The molecule has 0 saturated carbocycles. The summed E-state index contributed by atoms with van der Waals surface area (Å²) in [4.78, 5) is 19.3. The molecule has 2 aliphatic heterocycles. The van der Waals surface area contributed by atoms with Crippen molar-refractivity contribution in [2.45, 2.75) is 38.6 Å². The molecule has 0 spiro atoms. The molecule has 1 N–H and O–H groups in total. The normalized spacial score (nSPS) is 17.6.